The normalized spacial score (nSPS) is 33.7. The van der Waals surface area contributed by atoms with E-state index in [0.29, 0.717) is 50.4 Å². The van der Waals surface area contributed by atoms with Gasteiger partial charge in [-0.15, -0.1) is 0 Å². The van der Waals surface area contributed by atoms with Crippen molar-refractivity contribution in [3.63, 3.8) is 0 Å². The minimum absolute atomic E-state index is 0.0516. The number of nitrogens with two attached hydrogens (primary N) is 2. The van der Waals surface area contributed by atoms with Crippen molar-refractivity contribution >= 4 is 18.0 Å². The van der Waals surface area contributed by atoms with E-state index >= 15 is 0 Å². The van der Waals surface area contributed by atoms with Crippen LogP contribution in [0, 0.1) is 11.8 Å². The molecule has 4 aliphatic heterocycles. The molecule has 0 aromatic carbocycles. The Morgan fingerprint density at radius 3 is 2.54 bits per heavy atom. The molecule has 2 amide bonds. The number of alkyl halides is 1. The molecule has 0 bridgehead atoms. The molecule has 11 nitrogen and oxygen atoms in total. The third-order valence-electron chi connectivity index (χ3n) is 9.28. The molecular weight excluding hydrogens is 503 g/mol. The average molecular weight is 554 g/mol. The van der Waals surface area contributed by atoms with E-state index in [0.717, 1.165) is 45.3 Å². The quantitative estimate of drug-likeness (QED) is 0.218. The van der Waals surface area contributed by atoms with Gasteiger partial charge in [-0.1, -0.05) is 6.92 Å². The van der Waals surface area contributed by atoms with Crippen LogP contribution in [-0.2, 0) is 14.3 Å². The van der Waals surface area contributed by atoms with Crippen molar-refractivity contribution in [2.45, 2.75) is 70.1 Å². The minimum Gasteiger partial charge on any atom is -0.378 e. The van der Waals surface area contributed by atoms with E-state index in [1.54, 1.807) is 0 Å². The maximum atomic E-state index is 14.5. The summed E-state index contributed by atoms with van der Waals surface area (Å²) in [5.74, 6) is -0.677. The minimum atomic E-state index is -1.14. The Morgan fingerprint density at radius 2 is 1.90 bits per heavy atom. The monoisotopic (exact) mass is 553 g/mol. The van der Waals surface area contributed by atoms with Crippen LogP contribution < -0.4 is 22.1 Å². The van der Waals surface area contributed by atoms with Gasteiger partial charge in [-0.2, -0.15) is 0 Å². The van der Waals surface area contributed by atoms with E-state index in [1.807, 2.05) is 11.8 Å². The average Bonchev–Trinajstić information content (AvgIpc) is 2.95. The maximum absolute atomic E-state index is 14.5. The zero-order chi connectivity index (χ0) is 28.0. The van der Waals surface area contributed by atoms with Crippen LogP contribution in [0.25, 0.3) is 0 Å². The smallest absolute Gasteiger partial charge is 0.234 e. The second-order valence-electron chi connectivity index (χ2n) is 11.7. The number of hydrogen-bond donors (Lipinski definition) is 4. The number of nitrogens with one attached hydrogen (secondary N) is 2. The third kappa shape index (κ3) is 6.97. The Labute approximate surface area is 232 Å². The second kappa shape index (κ2) is 13.8. The Morgan fingerprint density at radius 1 is 1.18 bits per heavy atom. The Bertz CT molecular complexity index is 849. The fourth-order valence-corrected chi connectivity index (χ4v) is 7.14. The number of piperidine rings is 2. The van der Waals surface area contributed by atoms with E-state index < -0.39 is 24.4 Å². The van der Waals surface area contributed by atoms with Crippen LogP contribution >= 0.6 is 0 Å². The molecule has 0 spiro atoms. The summed E-state index contributed by atoms with van der Waals surface area (Å²) in [6, 6.07) is 0.0469. The Balaban J connectivity index is 1.42. The number of amides is 2. The summed E-state index contributed by atoms with van der Waals surface area (Å²) in [6.45, 7) is 11.5. The number of halogens is 1. The van der Waals surface area contributed by atoms with E-state index in [9.17, 15) is 14.0 Å². The summed E-state index contributed by atoms with van der Waals surface area (Å²) < 4.78 is 20.2. The predicted octanol–water partition coefficient (Wildman–Crippen LogP) is -0.741. The van der Waals surface area contributed by atoms with Crippen molar-refractivity contribution in [2.75, 3.05) is 72.1 Å². The van der Waals surface area contributed by atoms with Gasteiger partial charge in [-0.05, 0) is 52.2 Å². The molecule has 3 fully saturated rings. The van der Waals surface area contributed by atoms with E-state index in [4.69, 9.17) is 16.2 Å². The van der Waals surface area contributed by atoms with Crippen LogP contribution in [0.3, 0.4) is 0 Å². The van der Waals surface area contributed by atoms with Gasteiger partial charge in [-0.3, -0.25) is 19.0 Å². The molecule has 222 valence electrons. The van der Waals surface area contributed by atoms with E-state index in [-0.39, 0.29) is 36.4 Å². The van der Waals surface area contributed by atoms with Gasteiger partial charge in [-0.25, -0.2) is 9.38 Å². The van der Waals surface area contributed by atoms with Gasteiger partial charge < -0.3 is 31.7 Å². The fraction of sp³-hybridized carbons (Fsp3) is 0.889. The highest BCUT2D eigenvalue weighted by atomic mass is 19.1. The largest absolute Gasteiger partial charge is 0.378 e. The van der Waals surface area contributed by atoms with Crippen LogP contribution in [0.4, 0.5) is 4.39 Å². The van der Waals surface area contributed by atoms with Crippen molar-refractivity contribution in [1.82, 2.24) is 20.4 Å². The zero-order valence-corrected chi connectivity index (χ0v) is 23.8. The number of quaternary nitrogens is 1. The molecule has 0 saturated carbocycles. The zero-order valence-electron chi connectivity index (χ0n) is 23.8. The summed E-state index contributed by atoms with van der Waals surface area (Å²) in [6.07, 6.45) is 2.15. The summed E-state index contributed by atoms with van der Waals surface area (Å²) >= 11 is 0. The van der Waals surface area contributed by atoms with Crippen LogP contribution in [0.1, 0.15) is 39.5 Å². The first-order valence-corrected chi connectivity index (χ1v) is 15.0. The molecule has 4 aliphatic rings. The number of hydrogen-bond acceptors (Lipinski definition) is 8. The Kier molecular flexibility index (Phi) is 10.7. The van der Waals surface area contributed by atoms with Gasteiger partial charge in [0.25, 0.3) is 0 Å². The van der Waals surface area contributed by atoms with Gasteiger partial charge in [0.05, 0.1) is 38.5 Å². The lowest BCUT2D eigenvalue weighted by atomic mass is 9.90. The van der Waals surface area contributed by atoms with Crippen molar-refractivity contribution in [1.29, 1.82) is 0 Å². The van der Waals surface area contributed by atoms with E-state index in [2.05, 4.69) is 27.4 Å². The summed E-state index contributed by atoms with van der Waals surface area (Å²) in [5, 5.41) is 6.70. The lowest BCUT2D eigenvalue weighted by Gasteiger charge is -2.48. The van der Waals surface area contributed by atoms with Gasteiger partial charge in [0.2, 0.25) is 11.8 Å². The van der Waals surface area contributed by atoms with Crippen molar-refractivity contribution in [2.24, 2.45) is 28.3 Å². The van der Waals surface area contributed by atoms with Gasteiger partial charge in [0.1, 0.15) is 12.5 Å². The standard InChI is InChI=1S/C27H49FN8O3/c1-3-13-36(4-2)18-20(28)16-32-25(36)23(24(29)30)26(37)33-21-17-31-8-5-22(21)34-9-6-19(7-10-34)27(38)35-11-14-39-15-12-35/h16,19-25,31H,3-15,17-18,29-30H2,1-2H3/p+1. The number of ether oxygens (including phenoxy) is 1. The van der Waals surface area contributed by atoms with Crippen LogP contribution in [0.15, 0.2) is 4.99 Å². The highest BCUT2D eigenvalue weighted by molar-refractivity contribution is 5.81. The van der Waals surface area contributed by atoms with Crippen molar-refractivity contribution < 1.29 is 23.2 Å². The number of nitrogens with zero attached hydrogens (tertiary/aromatic N) is 4. The molecule has 4 heterocycles. The molecule has 0 aromatic rings. The molecule has 0 aliphatic carbocycles. The topological polar surface area (TPSA) is 138 Å². The van der Waals surface area contributed by atoms with Crippen molar-refractivity contribution in [3.05, 3.63) is 0 Å². The molecule has 0 radical (unpaired) electrons. The van der Waals surface area contributed by atoms with Gasteiger partial charge in [0, 0.05) is 37.8 Å². The molecule has 12 heteroatoms. The lowest BCUT2D eigenvalue weighted by molar-refractivity contribution is -0.954. The molecule has 6 unspecified atom stereocenters. The van der Waals surface area contributed by atoms with Gasteiger partial charge in [0.15, 0.2) is 12.3 Å². The summed E-state index contributed by atoms with van der Waals surface area (Å²) in [7, 11) is 0. The first-order valence-electron chi connectivity index (χ1n) is 15.0. The van der Waals surface area contributed by atoms with Crippen LogP contribution in [0.5, 0.6) is 0 Å². The first kappa shape index (κ1) is 30.3. The molecule has 6 N–H and O–H groups in total. The van der Waals surface area contributed by atoms with E-state index in [1.165, 1.54) is 6.21 Å². The predicted molar refractivity (Wildman–Crippen MR) is 149 cm³/mol. The lowest BCUT2D eigenvalue weighted by Crippen LogP contribution is -2.69. The first-order chi connectivity index (χ1) is 18.8. The molecule has 39 heavy (non-hydrogen) atoms. The SMILES string of the molecule is CCC[N+]1(CC)CC(F)C=NC1C(C(=O)NC1CNCCC1N1CCC(C(=O)N2CCOCC2)CC1)C(N)N. The number of rotatable bonds is 9. The number of likely N-dealkylation sites (tertiary alicyclic amines) is 1. The van der Waals surface area contributed by atoms with Gasteiger partial charge >= 0.3 is 0 Å². The number of carbonyl (C=O) groups excluding carboxylic acids is 2. The number of aliphatic imine (C=N–C) groups is 1. The maximum Gasteiger partial charge on any atom is 0.234 e. The number of morpholine rings is 1. The summed E-state index contributed by atoms with van der Waals surface area (Å²) in [4.78, 5) is 35.8. The molecule has 0 aromatic heterocycles. The van der Waals surface area contributed by atoms with Crippen LogP contribution in [0.2, 0.25) is 0 Å². The highest BCUT2D eigenvalue weighted by Gasteiger charge is 2.49. The fourth-order valence-electron chi connectivity index (χ4n) is 7.14. The molecular formula is C27H50FN8O3+. The van der Waals surface area contributed by atoms with Crippen LogP contribution in [-0.4, -0.2) is 135 Å². The van der Waals surface area contributed by atoms with Crippen molar-refractivity contribution in [3.8, 4) is 0 Å². The third-order valence-corrected chi connectivity index (χ3v) is 9.28. The highest BCUT2D eigenvalue weighted by Crippen LogP contribution is 2.29. The summed E-state index contributed by atoms with van der Waals surface area (Å²) in [5.41, 5.74) is 12.5. The molecule has 4 rings (SSSR count). The number of carbonyl (C=O) groups is 2. The Hall–Kier alpha value is -1.70. The molecule has 3 saturated heterocycles. The molecule has 6 atom stereocenters. The second-order valence-corrected chi connectivity index (χ2v) is 11.7.